The highest BCUT2D eigenvalue weighted by Crippen LogP contribution is 2.15. The van der Waals surface area contributed by atoms with Crippen LogP contribution in [0.25, 0.3) is 0 Å². The van der Waals surface area contributed by atoms with E-state index < -0.39 is 11.8 Å². The van der Waals surface area contributed by atoms with Gasteiger partial charge >= 0.3 is 11.8 Å². The molecule has 1 aliphatic rings. The lowest BCUT2D eigenvalue weighted by Gasteiger charge is -2.33. The molecular weight excluding hydrogens is 268 g/mol. The Kier molecular flexibility index (Phi) is 5.68. The van der Waals surface area contributed by atoms with Crippen LogP contribution >= 0.6 is 0 Å². The van der Waals surface area contributed by atoms with Crippen LogP contribution in [0.15, 0.2) is 24.5 Å². The molecule has 6 nitrogen and oxygen atoms in total. The fourth-order valence-corrected chi connectivity index (χ4v) is 2.51. The third-order valence-electron chi connectivity index (χ3n) is 3.75. The summed E-state index contributed by atoms with van der Waals surface area (Å²) in [4.78, 5) is 29.6. The molecule has 0 aliphatic carbocycles. The summed E-state index contributed by atoms with van der Waals surface area (Å²) in [6, 6.07) is 3.94. The molecule has 0 bridgehead atoms. The molecule has 1 aliphatic heterocycles. The highest BCUT2D eigenvalue weighted by molar-refractivity contribution is 6.39. The zero-order chi connectivity index (χ0) is 15.1. The molecule has 21 heavy (non-hydrogen) atoms. The molecule has 1 saturated heterocycles. The first kappa shape index (κ1) is 15.4. The molecule has 1 fully saturated rings. The van der Waals surface area contributed by atoms with Crippen molar-refractivity contribution in [3.63, 3.8) is 0 Å². The Morgan fingerprint density at radius 2 is 2.24 bits per heavy atom. The van der Waals surface area contributed by atoms with Crippen molar-refractivity contribution in [3.05, 3.63) is 24.5 Å². The zero-order valence-electron chi connectivity index (χ0n) is 12.3. The zero-order valence-corrected chi connectivity index (χ0v) is 12.3. The second-order valence-corrected chi connectivity index (χ2v) is 5.33. The number of hydrogen-bond donors (Lipinski definition) is 2. The molecule has 1 aromatic rings. The molecule has 0 saturated carbocycles. The number of rotatable bonds is 4. The Bertz CT molecular complexity index is 478. The summed E-state index contributed by atoms with van der Waals surface area (Å²) in [6.07, 6.45) is 6.79. The van der Waals surface area contributed by atoms with Crippen molar-refractivity contribution >= 4 is 17.5 Å². The van der Waals surface area contributed by atoms with E-state index in [1.807, 2.05) is 0 Å². The molecular formula is C15H22N4O2. The normalized spacial score (nSPS) is 19.0. The smallest absolute Gasteiger partial charge is 0.313 e. The minimum absolute atomic E-state index is 0.490. The second kappa shape index (κ2) is 7.73. The largest absolute Gasteiger partial charge is 0.347 e. The maximum Gasteiger partial charge on any atom is 0.313 e. The van der Waals surface area contributed by atoms with Crippen LogP contribution in [0, 0.1) is 0 Å². The lowest BCUT2D eigenvalue weighted by atomic mass is 10.0. The molecule has 0 radical (unpaired) electrons. The van der Waals surface area contributed by atoms with E-state index in [0.29, 0.717) is 18.3 Å². The highest BCUT2D eigenvalue weighted by atomic mass is 16.2. The van der Waals surface area contributed by atoms with E-state index in [4.69, 9.17) is 0 Å². The van der Waals surface area contributed by atoms with Gasteiger partial charge in [0, 0.05) is 25.3 Å². The summed E-state index contributed by atoms with van der Waals surface area (Å²) < 4.78 is 0. The van der Waals surface area contributed by atoms with E-state index in [9.17, 15) is 9.59 Å². The standard InChI is InChI=1S/C15H22N4O2/c1-12-5-2-3-9-19(12)10-8-17-14(20)15(21)18-13-6-4-7-16-11-13/h4,6-7,11-12H,2-3,5,8-10H2,1H3,(H,17,20)(H,18,21). The number of nitrogens with zero attached hydrogens (tertiary/aromatic N) is 2. The first-order valence-electron chi connectivity index (χ1n) is 7.40. The Labute approximate surface area is 124 Å². The monoisotopic (exact) mass is 290 g/mol. The average Bonchev–Trinajstić information content (AvgIpc) is 2.50. The van der Waals surface area contributed by atoms with Gasteiger partial charge in [-0.15, -0.1) is 0 Å². The lowest BCUT2D eigenvalue weighted by Crippen LogP contribution is -2.44. The van der Waals surface area contributed by atoms with Crippen LogP contribution < -0.4 is 10.6 Å². The van der Waals surface area contributed by atoms with Crippen molar-refractivity contribution in [1.29, 1.82) is 0 Å². The minimum Gasteiger partial charge on any atom is -0.347 e. The van der Waals surface area contributed by atoms with Crippen LogP contribution in [0.1, 0.15) is 26.2 Å². The Hall–Kier alpha value is -1.95. The quantitative estimate of drug-likeness (QED) is 0.812. The molecule has 2 rings (SSSR count). The van der Waals surface area contributed by atoms with Gasteiger partial charge in [0.05, 0.1) is 11.9 Å². The van der Waals surface area contributed by atoms with Gasteiger partial charge in [-0.2, -0.15) is 0 Å². The van der Waals surface area contributed by atoms with Gasteiger partial charge in [0.15, 0.2) is 0 Å². The van der Waals surface area contributed by atoms with Gasteiger partial charge in [-0.3, -0.25) is 19.5 Å². The predicted octanol–water partition coefficient (Wildman–Crippen LogP) is 1.01. The molecule has 0 aromatic carbocycles. The summed E-state index contributed by atoms with van der Waals surface area (Å²) in [5, 5.41) is 5.17. The Morgan fingerprint density at radius 1 is 1.38 bits per heavy atom. The summed E-state index contributed by atoms with van der Waals surface area (Å²) in [5.41, 5.74) is 0.516. The van der Waals surface area contributed by atoms with E-state index in [1.54, 1.807) is 18.3 Å². The third-order valence-corrected chi connectivity index (χ3v) is 3.75. The molecule has 2 amide bonds. The van der Waals surface area contributed by atoms with Gasteiger partial charge in [0.25, 0.3) is 0 Å². The van der Waals surface area contributed by atoms with Crippen LogP contribution in [0.2, 0.25) is 0 Å². The van der Waals surface area contributed by atoms with Crippen molar-refractivity contribution in [2.24, 2.45) is 0 Å². The van der Waals surface area contributed by atoms with Crippen molar-refractivity contribution < 1.29 is 9.59 Å². The van der Waals surface area contributed by atoms with Crippen LogP contribution in [0.4, 0.5) is 5.69 Å². The van der Waals surface area contributed by atoms with Crippen LogP contribution in [-0.2, 0) is 9.59 Å². The summed E-state index contributed by atoms with van der Waals surface area (Å²) in [7, 11) is 0. The Morgan fingerprint density at radius 3 is 2.95 bits per heavy atom. The summed E-state index contributed by atoms with van der Waals surface area (Å²) in [5.74, 6) is -1.27. The first-order chi connectivity index (χ1) is 10.2. The van der Waals surface area contributed by atoms with Gasteiger partial charge in [0.1, 0.15) is 0 Å². The molecule has 2 heterocycles. The van der Waals surface area contributed by atoms with Crippen molar-refractivity contribution in [1.82, 2.24) is 15.2 Å². The number of nitrogens with one attached hydrogen (secondary N) is 2. The number of piperidine rings is 1. The number of likely N-dealkylation sites (tertiary alicyclic amines) is 1. The second-order valence-electron chi connectivity index (χ2n) is 5.33. The van der Waals surface area contributed by atoms with Crippen LogP contribution in [0.5, 0.6) is 0 Å². The van der Waals surface area contributed by atoms with E-state index in [0.717, 1.165) is 13.1 Å². The topological polar surface area (TPSA) is 74.3 Å². The maximum absolute atomic E-state index is 11.7. The molecule has 6 heteroatoms. The van der Waals surface area contributed by atoms with Crippen molar-refractivity contribution in [2.45, 2.75) is 32.2 Å². The van der Waals surface area contributed by atoms with E-state index in [2.05, 4.69) is 27.4 Å². The SMILES string of the molecule is CC1CCCCN1CCNC(=O)C(=O)Nc1cccnc1. The van der Waals surface area contributed by atoms with E-state index in [1.165, 1.54) is 25.5 Å². The van der Waals surface area contributed by atoms with Gasteiger partial charge < -0.3 is 10.6 Å². The molecule has 1 atom stereocenters. The molecule has 1 aromatic heterocycles. The van der Waals surface area contributed by atoms with Gasteiger partial charge in [-0.1, -0.05) is 6.42 Å². The number of carbonyl (C=O) groups is 2. The van der Waals surface area contributed by atoms with E-state index in [-0.39, 0.29) is 0 Å². The fourth-order valence-electron chi connectivity index (χ4n) is 2.51. The maximum atomic E-state index is 11.7. The number of amides is 2. The minimum atomic E-state index is -0.658. The predicted molar refractivity (Wildman–Crippen MR) is 80.8 cm³/mol. The van der Waals surface area contributed by atoms with Gasteiger partial charge in [-0.05, 0) is 38.4 Å². The van der Waals surface area contributed by atoms with Gasteiger partial charge in [0.2, 0.25) is 0 Å². The molecule has 2 N–H and O–H groups in total. The first-order valence-corrected chi connectivity index (χ1v) is 7.40. The number of pyridine rings is 1. The lowest BCUT2D eigenvalue weighted by molar-refractivity contribution is -0.136. The number of carbonyl (C=O) groups excluding carboxylic acids is 2. The van der Waals surface area contributed by atoms with Crippen molar-refractivity contribution in [3.8, 4) is 0 Å². The van der Waals surface area contributed by atoms with Crippen molar-refractivity contribution in [2.75, 3.05) is 25.0 Å². The summed E-state index contributed by atoms with van der Waals surface area (Å²) >= 11 is 0. The molecule has 0 spiro atoms. The van der Waals surface area contributed by atoms with Crippen LogP contribution in [-0.4, -0.2) is 47.4 Å². The number of aromatic nitrogens is 1. The Balaban J connectivity index is 1.70. The number of anilines is 1. The van der Waals surface area contributed by atoms with E-state index >= 15 is 0 Å². The van der Waals surface area contributed by atoms with Gasteiger partial charge in [-0.25, -0.2) is 0 Å². The van der Waals surface area contributed by atoms with Crippen LogP contribution in [0.3, 0.4) is 0 Å². The third kappa shape index (κ3) is 4.82. The number of hydrogen-bond acceptors (Lipinski definition) is 4. The molecule has 1 unspecified atom stereocenters. The average molecular weight is 290 g/mol. The fraction of sp³-hybridized carbons (Fsp3) is 0.533. The highest BCUT2D eigenvalue weighted by Gasteiger charge is 2.18. The summed E-state index contributed by atoms with van der Waals surface area (Å²) in [6.45, 7) is 4.55. The molecule has 114 valence electrons.